The van der Waals surface area contributed by atoms with E-state index in [1.165, 1.54) is 23.8 Å². The molecule has 1 rings (SSSR count). The Morgan fingerprint density at radius 1 is 1.39 bits per heavy atom. The lowest BCUT2D eigenvalue weighted by atomic mass is 10.2. The van der Waals surface area contributed by atoms with E-state index < -0.39 is 0 Å². The third kappa shape index (κ3) is 5.91. The van der Waals surface area contributed by atoms with Crippen LogP contribution < -0.4 is 5.32 Å². The minimum absolute atomic E-state index is 0.607. The van der Waals surface area contributed by atoms with E-state index in [-0.39, 0.29) is 0 Å². The van der Waals surface area contributed by atoms with Gasteiger partial charge in [0.25, 0.3) is 0 Å². The number of aromatic nitrogens is 2. The number of nitrogens with zero attached hydrogens (tertiary/aromatic N) is 2. The Kier molecular flexibility index (Phi) is 7.44. The molecule has 1 aromatic heterocycles. The molecule has 0 aliphatic heterocycles. The lowest BCUT2D eigenvalue weighted by Gasteiger charge is -2.18. The summed E-state index contributed by atoms with van der Waals surface area (Å²) in [6, 6.07) is 0.607. The van der Waals surface area contributed by atoms with Gasteiger partial charge in [-0.2, -0.15) is 11.8 Å². The molecule has 3 nitrogen and oxygen atoms in total. The fourth-order valence-electron chi connectivity index (χ4n) is 1.92. The lowest BCUT2D eigenvalue weighted by molar-refractivity contribution is 0.526. The first-order valence-corrected chi connectivity index (χ1v) is 8.06. The Labute approximate surface area is 116 Å². The first-order chi connectivity index (χ1) is 8.63. The van der Waals surface area contributed by atoms with Gasteiger partial charge in [0.15, 0.2) is 0 Å². The largest absolute Gasteiger partial charge is 0.338 e. The summed E-state index contributed by atoms with van der Waals surface area (Å²) in [6.45, 7) is 7.79. The van der Waals surface area contributed by atoms with Gasteiger partial charge in [-0.1, -0.05) is 20.8 Å². The summed E-state index contributed by atoms with van der Waals surface area (Å²) < 4.78 is 2.12. The van der Waals surface area contributed by atoms with Crippen LogP contribution in [0.15, 0.2) is 12.4 Å². The highest BCUT2D eigenvalue weighted by Gasteiger charge is 2.09. The second-order valence-corrected chi connectivity index (χ2v) is 6.25. The number of aryl methyl sites for hydroxylation is 2. The van der Waals surface area contributed by atoms with Crippen molar-refractivity contribution in [1.29, 1.82) is 0 Å². The van der Waals surface area contributed by atoms with E-state index in [0.29, 0.717) is 6.04 Å². The maximum atomic E-state index is 4.38. The van der Waals surface area contributed by atoms with Gasteiger partial charge in [-0.25, -0.2) is 4.98 Å². The molecule has 1 unspecified atom stereocenters. The number of nitrogens with one attached hydrogen (secondary N) is 1. The molecule has 0 saturated carbocycles. The van der Waals surface area contributed by atoms with Crippen LogP contribution in [0.2, 0.25) is 0 Å². The zero-order chi connectivity index (χ0) is 13.4. The van der Waals surface area contributed by atoms with Crippen LogP contribution in [-0.4, -0.2) is 33.6 Å². The molecule has 0 spiro atoms. The Hall–Kier alpha value is -0.480. The molecule has 0 aliphatic rings. The molecule has 1 aromatic rings. The van der Waals surface area contributed by atoms with Crippen molar-refractivity contribution in [3.63, 3.8) is 0 Å². The molecule has 18 heavy (non-hydrogen) atoms. The zero-order valence-electron chi connectivity index (χ0n) is 12.1. The van der Waals surface area contributed by atoms with Gasteiger partial charge < -0.3 is 9.88 Å². The molecule has 0 saturated heterocycles. The highest BCUT2D eigenvalue weighted by atomic mass is 32.2. The molecule has 0 bridgehead atoms. The second kappa shape index (κ2) is 8.59. The van der Waals surface area contributed by atoms with Gasteiger partial charge in [0.05, 0.1) is 0 Å². The molecule has 1 N–H and O–H groups in total. The van der Waals surface area contributed by atoms with Gasteiger partial charge in [-0.15, -0.1) is 0 Å². The maximum absolute atomic E-state index is 4.38. The minimum Gasteiger partial charge on any atom is -0.338 e. The van der Waals surface area contributed by atoms with Crippen LogP contribution in [0.3, 0.4) is 0 Å². The molecule has 1 heterocycles. The van der Waals surface area contributed by atoms with Gasteiger partial charge in [0, 0.05) is 37.7 Å². The summed E-state index contributed by atoms with van der Waals surface area (Å²) in [6.07, 6.45) is 6.13. The maximum Gasteiger partial charge on any atom is 0.108 e. The van der Waals surface area contributed by atoms with Crippen LogP contribution in [0.1, 0.15) is 33.0 Å². The average Bonchev–Trinajstić information content (AvgIpc) is 2.71. The van der Waals surface area contributed by atoms with Crippen molar-refractivity contribution in [2.75, 3.05) is 18.1 Å². The van der Waals surface area contributed by atoms with Gasteiger partial charge in [0.1, 0.15) is 5.82 Å². The Balaban J connectivity index is 2.31. The summed E-state index contributed by atoms with van der Waals surface area (Å²) in [5.74, 6) is 4.43. The van der Waals surface area contributed by atoms with Crippen LogP contribution in [0.25, 0.3) is 0 Å². The van der Waals surface area contributed by atoms with E-state index in [1.807, 2.05) is 12.4 Å². The van der Waals surface area contributed by atoms with Crippen molar-refractivity contribution in [3.8, 4) is 0 Å². The smallest absolute Gasteiger partial charge is 0.108 e. The number of imidazole rings is 1. The molecule has 0 aromatic carbocycles. The van der Waals surface area contributed by atoms with E-state index in [2.05, 4.69) is 54.4 Å². The van der Waals surface area contributed by atoms with Crippen molar-refractivity contribution < 1.29 is 0 Å². The normalized spacial score (nSPS) is 13.2. The standard InChI is InChI=1S/C14H27N3S/c1-5-15-13(11-18-10-12(2)3)6-7-14-16-8-9-17(14)4/h8-9,12-13,15H,5-7,10-11H2,1-4H3. The molecule has 0 aliphatic carbocycles. The number of hydrogen-bond donors (Lipinski definition) is 1. The third-order valence-electron chi connectivity index (χ3n) is 2.90. The number of thioether (sulfide) groups is 1. The second-order valence-electron chi connectivity index (χ2n) is 5.18. The van der Waals surface area contributed by atoms with Gasteiger partial charge in [-0.3, -0.25) is 0 Å². The average molecular weight is 269 g/mol. The first kappa shape index (κ1) is 15.6. The van der Waals surface area contributed by atoms with E-state index in [0.717, 1.165) is 18.9 Å². The zero-order valence-corrected chi connectivity index (χ0v) is 13.0. The van der Waals surface area contributed by atoms with Crippen LogP contribution in [0, 0.1) is 5.92 Å². The highest BCUT2D eigenvalue weighted by molar-refractivity contribution is 7.99. The van der Waals surface area contributed by atoms with Crippen LogP contribution in [0.5, 0.6) is 0 Å². The Morgan fingerprint density at radius 3 is 2.72 bits per heavy atom. The molecule has 104 valence electrons. The predicted octanol–water partition coefficient (Wildman–Crippen LogP) is 2.72. The van der Waals surface area contributed by atoms with Crippen molar-refractivity contribution in [2.45, 2.75) is 39.7 Å². The molecule has 0 radical (unpaired) electrons. The van der Waals surface area contributed by atoms with Gasteiger partial charge in [-0.05, 0) is 24.6 Å². The van der Waals surface area contributed by atoms with Crippen LogP contribution in [-0.2, 0) is 13.5 Å². The quantitative estimate of drug-likeness (QED) is 0.747. The van der Waals surface area contributed by atoms with Crippen molar-refractivity contribution in [2.24, 2.45) is 13.0 Å². The Morgan fingerprint density at radius 2 is 2.17 bits per heavy atom. The lowest BCUT2D eigenvalue weighted by Crippen LogP contribution is -2.32. The van der Waals surface area contributed by atoms with Gasteiger partial charge in [0.2, 0.25) is 0 Å². The summed E-state index contributed by atoms with van der Waals surface area (Å²) in [5, 5.41) is 3.58. The molecular weight excluding hydrogens is 242 g/mol. The van der Waals surface area contributed by atoms with E-state index >= 15 is 0 Å². The van der Waals surface area contributed by atoms with Crippen molar-refractivity contribution >= 4 is 11.8 Å². The number of rotatable bonds is 9. The molecular formula is C14H27N3S. The van der Waals surface area contributed by atoms with E-state index in [9.17, 15) is 0 Å². The topological polar surface area (TPSA) is 29.9 Å². The highest BCUT2D eigenvalue weighted by Crippen LogP contribution is 2.12. The van der Waals surface area contributed by atoms with Crippen LogP contribution >= 0.6 is 11.8 Å². The van der Waals surface area contributed by atoms with Gasteiger partial charge >= 0.3 is 0 Å². The molecule has 4 heteroatoms. The SMILES string of the molecule is CCNC(CCc1nccn1C)CSCC(C)C. The van der Waals surface area contributed by atoms with E-state index in [4.69, 9.17) is 0 Å². The summed E-state index contributed by atoms with van der Waals surface area (Å²) in [5.41, 5.74) is 0. The van der Waals surface area contributed by atoms with Crippen molar-refractivity contribution in [1.82, 2.24) is 14.9 Å². The summed E-state index contributed by atoms with van der Waals surface area (Å²) in [7, 11) is 2.07. The fourth-order valence-corrected chi connectivity index (χ4v) is 3.10. The molecule has 1 atom stereocenters. The summed E-state index contributed by atoms with van der Waals surface area (Å²) in [4.78, 5) is 4.38. The molecule has 0 amide bonds. The monoisotopic (exact) mass is 269 g/mol. The van der Waals surface area contributed by atoms with Crippen molar-refractivity contribution in [3.05, 3.63) is 18.2 Å². The predicted molar refractivity (Wildman–Crippen MR) is 81.2 cm³/mol. The van der Waals surface area contributed by atoms with E-state index in [1.54, 1.807) is 0 Å². The van der Waals surface area contributed by atoms with Crippen LogP contribution in [0.4, 0.5) is 0 Å². The molecule has 0 fully saturated rings. The summed E-state index contributed by atoms with van der Waals surface area (Å²) >= 11 is 2.06. The minimum atomic E-state index is 0.607. The third-order valence-corrected chi connectivity index (χ3v) is 4.44. The number of hydrogen-bond acceptors (Lipinski definition) is 3. The fraction of sp³-hybridized carbons (Fsp3) is 0.786. The first-order valence-electron chi connectivity index (χ1n) is 6.90. The Bertz CT molecular complexity index is 323.